The van der Waals surface area contributed by atoms with Gasteiger partial charge < -0.3 is 30.6 Å². The molecule has 6 rings (SSSR count). The van der Waals surface area contributed by atoms with Crippen LogP contribution in [0, 0.1) is 5.82 Å². The molecule has 13 heteroatoms. The van der Waals surface area contributed by atoms with Gasteiger partial charge in [-0.3, -0.25) is 0 Å². The van der Waals surface area contributed by atoms with Crippen LogP contribution in [0.1, 0.15) is 70.3 Å². The van der Waals surface area contributed by atoms with Crippen LogP contribution in [0.2, 0.25) is 0 Å². The first-order valence-corrected chi connectivity index (χ1v) is 14.3. The SMILES string of the molecule is Cl.Cl.NC1CCC(Nc2nc(NC3CCN(C(=O)Oc4ccc(F)cc4)CC3)c3ncn(C4CCCC4)c3n2)CC1. The number of aromatic nitrogens is 4. The summed E-state index contributed by atoms with van der Waals surface area (Å²) in [5.41, 5.74) is 7.77. The number of nitrogens with zero attached hydrogens (tertiary/aromatic N) is 5. The molecule has 1 saturated heterocycles. The third kappa shape index (κ3) is 7.31. The molecule has 3 aromatic rings. The second-order valence-corrected chi connectivity index (χ2v) is 11.1. The molecule has 41 heavy (non-hydrogen) atoms. The summed E-state index contributed by atoms with van der Waals surface area (Å²) in [6.45, 7) is 1.10. The summed E-state index contributed by atoms with van der Waals surface area (Å²) in [5.74, 6) is 1.34. The number of rotatable bonds is 6. The maximum Gasteiger partial charge on any atom is 0.415 e. The zero-order chi connectivity index (χ0) is 26.8. The topological polar surface area (TPSA) is 123 Å². The number of hydrogen-bond acceptors (Lipinski definition) is 8. The first kappa shape index (κ1) is 31.1. The van der Waals surface area contributed by atoms with Gasteiger partial charge in [0.05, 0.1) is 6.33 Å². The van der Waals surface area contributed by atoms with Gasteiger partial charge in [0.1, 0.15) is 11.6 Å². The zero-order valence-electron chi connectivity index (χ0n) is 23.0. The van der Waals surface area contributed by atoms with Crippen LogP contribution in [0.3, 0.4) is 0 Å². The Kier molecular flexibility index (Phi) is 10.5. The second kappa shape index (κ2) is 13.8. The maximum atomic E-state index is 13.2. The number of ether oxygens (including phenoxy) is 1. The van der Waals surface area contributed by atoms with Gasteiger partial charge in [0.25, 0.3) is 0 Å². The molecule has 0 unspecified atom stereocenters. The summed E-state index contributed by atoms with van der Waals surface area (Å²) in [5, 5.41) is 7.20. The molecule has 3 fully saturated rings. The number of amides is 1. The van der Waals surface area contributed by atoms with E-state index in [-0.39, 0.29) is 42.7 Å². The van der Waals surface area contributed by atoms with E-state index in [0.717, 1.165) is 68.3 Å². The minimum absolute atomic E-state index is 0. The van der Waals surface area contributed by atoms with Gasteiger partial charge >= 0.3 is 6.09 Å². The normalized spacial score (nSPS) is 21.7. The fourth-order valence-corrected chi connectivity index (χ4v) is 6.05. The Morgan fingerprint density at radius 3 is 2.24 bits per heavy atom. The standard InChI is InChI=1S/C28H37FN8O2.2ClH/c29-18-5-11-23(12-6-18)39-28(38)36-15-13-21(14-16-36)32-25-24-26(37(17-31-24)22-3-1-2-4-22)35-27(34-25)33-20-9-7-19(30)8-10-20;;/h5-6,11-12,17,19-22H,1-4,7-10,13-16,30H2,(H2,32,33,34,35);2*1H. The lowest BCUT2D eigenvalue weighted by Gasteiger charge is -2.32. The number of anilines is 2. The number of fused-ring (bicyclic) bond motifs is 1. The number of carbonyl (C=O) groups excluding carboxylic acids is 1. The smallest absolute Gasteiger partial charge is 0.410 e. The number of likely N-dealkylation sites (tertiary alicyclic amines) is 1. The van der Waals surface area contributed by atoms with Gasteiger partial charge in [0.2, 0.25) is 5.95 Å². The van der Waals surface area contributed by atoms with E-state index < -0.39 is 6.09 Å². The highest BCUT2D eigenvalue weighted by molar-refractivity contribution is 5.86. The van der Waals surface area contributed by atoms with Gasteiger partial charge in [-0.2, -0.15) is 9.97 Å². The van der Waals surface area contributed by atoms with Crippen molar-refractivity contribution in [2.45, 2.75) is 88.4 Å². The molecule has 3 aliphatic rings. The van der Waals surface area contributed by atoms with E-state index in [2.05, 4.69) is 15.2 Å². The van der Waals surface area contributed by atoms with Crippen molar-refractivity contribution in [2.75, 3.05) is 23.7 Å². The van der Waals surface area contributed by atoms with Crippen molar-refractivity contribution in [2.24, 2.45) is 5.73 Å². The van der Waals surface area contributed by atoms with Crippen molar-refractivity contribution in [1.29, 1.82) is 0 Å². The fraction of sp³-hybridized carbons (Fsp3) is 0.571. The molecular weight excluding hydrogens is 570 g/mol. The lowest BCUT2D eigenvalue weighted by Crippen LogP contribution is -2.43. The van der Waals surface area contributed by atoms with E-state index in [1.165, 1.54) is 37.1 Å². The Hall–Kier alpha value is -2.89. The highest BCUT2D eigenvalue weighted by Crippen LogP contribution is 2.34. The molecule has 2 aromatic heterocycles. The molecular formula is C28H39Cl2FN8O2. The Bertz CT molecular complexity index is 1290. The number of piperidine rings is 1. The van der Waals surface area contributed by atoms with Crippen LogP contribution in [0.5, 0.6) is 5.75 Å². The van der Waals surface area contributed by atoms with Crippen LogP contribution in [0.4, 0.5) is 21.0 Å². The number of carbonyl (C=O) groups is 1. The number of benzene rings is 1. The summed E-state index contributed by atoms with van der Waals surface area (Å²) >= 11 is 0. The van der Waals surface area contributed by atoms with E-state index in [9.17, 15) is 9.18 Å². The molecule has 0 spiro atoms. The summed E-state index contributed by atoms with van der Waals surface area (Å²) in [6.07, 6.45) is 11.8. The molecule has 0 atom stereocenters. The van der Waals surface area contributed by atoms with Crippen LogP contribution >= 0.6 is 24.8 Å². The van der Waals surface area contributed by atoms with Crippen molar-refractivity contribution in [1.82, 2.24) is 24.4 Å². The van der Waals surface area contributed by atoms with E-state index in [0.29, 0.717) is 36.9 Å². The van der Waals surface area contributed by atoms with E-state index in [1.54, 1.807) is 4.90 Å². The minimum atomic E-state index is -0.418. The van der Waals surface area contributed by atoms with Gasteiger partial charge in [-0.1, -0.05) is 12.8 Å². The molecule has 10 nitrogen and oxygen atoms in total. The quantitative estimate of drug-likeness (QED) is 0.326. The van der Waals surface area contributed by atoms with Crippen molar-refractivity contribution in [3.8, 4) is 5.75 Å². The molecule has 224 valence electrons. The highest BCUT2D eigenvalue weighted by Gasteiger charge is 2.27. The Morgan fingerprint density at radius 2 is 1.56 bits per heavy atom. The van der Waals surface area contributed by atoms with Gasteiger partial charge in [-0.05, 0) is 75.6 Å². The van der Waals surface area contributed by atoms with Crippen LogP contribution in [0.25, 0.3) is 11.2 Å². The van der Waals surface area contributed by atoms with E-state index in [1.807, 2.05) is 6.33 Å². The largest absolute Gasteiger partial charge is 0.415 e. The summed E-state index contributed by atoms with van der Waals surface area (Å²) < 4.78 is 20.8. The van der Waals surface area contributed by atoms with Gasteiger partial charge in [-0.15, -0.1) is 24.8 Å². The third-order valence-electron chi connectivity index (χ3n) is 8.36. The van der Waals surface area contributed by atoms with Crippen molar-refractivity contribution >= 4 is 53.8 Å². The molecule has 1 amide bonds. The lowest BCUT2D eigenvalue weighted by molar-refractivity contribution is 0.140. The molecule has 1 aromatic carbocycles. The van der Waals surface area contributed by atoms with Crippen LogP contribution in [-0.4, -0.2) is 61.7 Å². The van der Waals surface area contributed by atoms with Gasteiger partial charge in [0.15, 0.2) is 17.0 Å². The molecule has 2 saturated carbocycles. The lowest BCUT2D eigenvalue weighted by atomic mass is 9.92. The first-order valence-electron chi connectivity index (χ1n) is 14.3. The minimum Gasteiger partial charge on any atom is -0.410 e. The average Bonchev–Trinajstić information content (AvgIpc) is 3.62. The first-order chi connectivity index (χ1) is 19.0. The summed E-state index contributed by atoms with van der Waals surface area (Å²) in [6, 6.07) is 6.63. The van der Waals surface area contributed by atoms with Gasteiger partial charge in [0, 0.05) is 37.3 Å². The molecule has 3 heterocycles. The zero-order valence-corrected chi connectivity index (χ0v) is 24.6. The van der Waals surface area contributed by atoms with Crippen molar-refractivity contribution in [3.05, 3.63) is 36.4 Å². The number of nitrogens with two attached hydrogens (primary N) is 1. The monoisotopic (exact) mass is 608 g/mol. The Balaban J connectivity index is 0.00000194. The summed E-state index contributed by atoms with van der Waals surface area (Å²) in [4.78, 5) is 28.9. The summed E-state index contributed by atoms with van der Waals surface area (Å²) in [7, 11) is 0. The predicted molar refractivity (Wildman–Crippen MR) is 162 cm³/mol. The third-order valence-corrected chi connectivity index (χ3v) is 8.36. The number of halogens is 3. The van der Waals surface area contributed by atoms with Crippen molar-refractivity contribution < 1.29 is 13.9 Å². The molecule has 0 bridgehead atoms. The molecule has 0 radical (unpaired) electrons. The van der Waals surface area contributed by atoms with E-state index >= 15 is 0 Å². The maximum absolute atomic E-state index is 13.2. The van der Waals surface area contributed by atoms with Crippen LogP contribution in [-0.2, 0) is 0 Å². The molecule has 4 N–H and O–H groups in total. The number of imidazole rings is 1. The highest BCUT2D eigenvalue weighted by atomic mass is 35.5. The van der Waals surface area contributed by atoms with E-state index in [4.69, 9.17) is 25.4 Å². The number of nitrogens with one attached hydrogen (secondary N) is 2. The number of hydrogen-bond donors (Lipinski definition) is 3. The average molecular weight is 610 g/mol. The fourth-order valence-electron chi connectivity index (χ4n) is 6.05. The predicted octanol–water partition coefficient (Wildman–Crippen LogP) is 5.68. The van der Waals surface area contributed by atoms with Gasteiger partial charge in [-0.25, -0.2) is 14.2 Å². The van der Waals surface area contributed by atoms with Crippen LogP contribution < -0.4 is 21.1 Å². The van der Waals surface area contributed by atoms with Crippen LogP contribution in [0.15, 0.2) is 30.6 Å². The molecule has 1 aliphatic heterocycles. The Labute approximate surface area is 251 Å². The Morgan fingerprint density at radius 1 is 0.902 bits per heavy atom. The molecule has 2 aliphatic carbocycles. The second-order valence-electron chi connectivity index (χ2n) is 11.1. The van der Waals surface area contributed by atoms with Crippen molar-refractivity contribution in [3.63, 3.8) is 0 Å².